The van der Waals surface area contributed by atoms with E-state index in [4.69, 9.17) is 12.5 Å². The van der Waals surface area contributed by atoms with Gasteiger partial charge in [-0.2, -0.15) is 8.42 Å². The van der Waals surface area contributed by atoms with Crippen molar-refractivity contribution in [2.75, 3.05) is 19.0 Å². The minimum atomic E-state index is -4.24. The first-order chi connectivity index (χ1) is 20.0. The molecule has 0 spiro atoms. The summed E-state index contributed by atoms with van der Waals surface area (Å²) in [6, 6.07) is 30.1. The van der Waals surface area contributed by atoms with Gasteiger partial charge < -0.3 is 13.8 Å². The molecule has 10 heteroatoms. The van der Waals surface area contributed by atoms with Gasteiger partial charge in [-0.3, -0.25) is 0 Å². The average molecular weight is 654 g/mol. The van der Waals surface area contributed by atoms with E-state index in [1.807, 2.05) is 98.7 Å². The van der Waals surface area contributed by atoms with E-state index in [1.54, 1.807) is 24.3 Å². The molecule has 0 unspecified atom stereocenters. The first kappa shape index (κ1) is 32.9. The highest BCUT2D eigenvalue weighted by molar-refractivity contribution is 8.33. The predicted molar refractivity (Wildman–Crippen MR) is 183 cm³/mol. The van der Waals surface area contributed by atoms with Gasteiger partial charge in [0.25, 0.3) is 0 Å². The molecule has 0 aromatic heterocycles. The van der Waals surface area contributed by atoms with Gasteiger partial charge in [0.15, 0.2) is 0 Å². The molecular weight excluding hydrogens is 611 g/mol. The topological polar surface area (TPSA) is 65.1 Å². The molecule has 0 bridgehead atoms. The van der Waals surface area contributed by atoms with Crippen LogP contribution in [0.5, 0.6) is 11.5 Å². The highest BCUT2D eigenvalue weighted by Crippen LogP contribution is 2.71. The van der Waals surface area contributed by atoms with Gasteiger partial charge >= 0.3 is 10.1 Å². The predicted octanol–water partition coefficient (Wildman–Crippen LogP) is 9.09. The Balaban J connectivity index is 2.07. The maximum absolute atomic E-state index is 14.2. The molecule has 0 saturated carbocycles. The van der Waals surface area contributed by atoms with E-state index in [0.29, 0.717) is 21.3 Å². The molecule has 230 valence electrons. The van der Waals surface area contributed by atoms with Crippen LogP contribution in [0.1, 0.15) is 5.56 Å². The van der Waals surface area contributed by atoms with E-state index in [0.717, 1.165) is 16.1 Å². The second-order valence-electron chi connectivity index (χ2n) is 12.7. The van der Waals surface area contributed by atoms with Crippen molar-refractivity contribution in [3.05, 3.63) is 103 Å². The molecular formula is C33H43NO5S2Si2. The van der Waals surface area contributed by atoms with Crippen molar-refractivity contribution in [2.45, 2.75) is 65.8 Å². The summed E-state index contributed by atoms with van der Waals surface area (Å²) in [5.74, 6) is 1.37. The second kappa shape index (κ2) is 12.5. The smallest absolute Gasteiger partial charge is 0.307 e. The van der Waals surface area contributed by atoms with Gasteiger partial charge in [-0.25, -0.2) is 3.63 Å². The Kier molecular flexibility index (Phi) is 9.58. The van der Waals surface area contributed by atoms with Gasteiger partial charge in [0.05, 0.1) is 4.90 Å². The van der Waals surface area contributed by atoms with Crippen LogP contribution < -0.4 is 13.8 Å². The van der Waals surface area contributed by atoms with E-state index in [9.17, 15) is 8.42 Å². The maximum atomic E-state index is 14.2. The Hall–Kier alpha value is -3.03. The number of hydrogen-bond acceptors (Lipinski definition) is 6. The standard InChI is InChI=1S/C33H43NO5S2Si2/c1-26-16-20-31(21-17-26)41(35,36)39-40(30-22-18-27(19-23-30)34(2)3,32-14-10-12-28(24-32)37-42(4,5)6)33-15-11-13-29(25-33)38-43(7,8)9/h10-25H,1-9H3. The lowest BCUT2D eigenvalue weighted by atomic mass is 10.2. The number of aryl methyl sites for hydroxylation is 1. The molecule has 0 heterocycles. The Morgan fingerprint density at radius 1 is 0.581 bits per heavy atom. The number of rotatable bonds is 11. The second-order valence-corrected chi connectivity index (χ2v) is 26.0. The van der Waals surface area contributed by atoms with E-state index in [-0.39, 0.29) is 4.90 Å². The zero-order valence-electron chi connectivity index (χ0n) is 26.5. The molecule has 0 atom stereocenters. The minimum absolute atomic E-state index is 0.101. The monoisotopic (exact) mass is 653 g/mol. The molecule has 0 N–H and O–H groups in total. The minimum Gasteiger partial charge on any atom is -0.544 e. The van der Waals surface area contributed by atoms with Crippen LogP contribution in [-0.4, -0.2) is 39.1 Å². The van der Waals surface area contributed by atoms with Crippen molar-refractivity contribution in [3.8, 4) is 11.5 Å². The summed E-state index contributed by atoms with van der Waals surface area (Å²) in [7, 11) is -7.11. The lowest BCUT2D eigenvalue weighted by Gasteiger charge is -2.40. The van der Waals surface area contributed by atoms with Gasteiger partial charge in [0.1, 0.15) is 11.5 Å². The van der Waals surface area contributed by atoms with Crippen LogP contribution in [0.2, 0.25) is 39.3 Å². The molecule has 0 amide bonds. The third kappa shape index (κ3) is 8.13. The number of benzene rings is 4. The normalized spacial score (nSPS) is 13.0. The molecule has 0 saturated heterocycles. The molecule has 0 radical (unpaired) electrons. The zero-order chi connectivity index (χ0) is 31.6. The van der Waals surface area contributed by atoms with Crippen molar-refractivity contribution in [1.82, 2.24) is 0 Å². The molecule has 0 aliphatic rings. The molecule has 43 heavy (non-hydrogen) atoms. The highest BCUT2D eigenvalue weighted by atomic mass is 32.3. The van der Waals surface area contributed by atoms with Gasteiger partial charge in [0.2, 0.25) is 16.6 Å². The summed E-state index contributed by atoms with van der Waals surface area (Å²) in [4.78, 5) is 4.27. The number of hydrogen-bond donors (Lipinski definition) is 0. The number of nitrogens with zero attached hydrogens (tertiary/aromatic N) is 1. The van der Waals surface area contributed by atoms with Crippen molar-refractivity contribution >= 4 is 42.7 Å². The maximum Gasteiger partial charge on any atom is 0.307 e. The lowest BCUT2D eigenvalue weighted by molar-refractivity contribution is 0.506. The van der Waals surface area contributed by atoms with Gasteiger partial charge in [-0.05, 0) is 129 Å². The molecule has 0 aliphatic heterocycles. The third-order valence-corrected chi connectivity index (χ3v) is 13.2. The van der Waals surface area contributed by atoms with Crippen molar-refractivity contribution in [2.24, 2.45) is 0 Å². The summed E-state index contributed by atoms with van der Waals surface area (Å²) < 4.78 is 47.9. The fourth-order valence-electron chi connectivity index (χ4n) is 4.48. The van der Waals surface area contributed by atoms with E-state index in [1.165, 1.54) is 0 Å². The molecule has 4 rings (SSSR count). The summed E-state index contributed by atoms with van der Waals surface area (Å²) in [6.07, 6.45) is 0. The van der Waals surface area contributed by atoms with Crippen molar-refractivity contribution < 1.29 is 20.9 Å². The van der Waals surface area contributed by atoms with Crippen LogP contribution in [0.25, 0.3) is 0 Å². The van der Waals surface area contributed by atoms with Crippen LogP contribution in [0.4, 0.5) is 5.69 Å². The van der Waals surface area contributed by atoms with E-state index >= 15 is 0 Å². The average Bonchev–Trinajstić information content (AvgIpc) is 2.90. The summed E-state index contributed by atoms with van der Waals surface area (Å²) in [5.41, 5.74) is 1.95. The Bertz CT molecular complexity index is 1600. The fraction of sp³-hybridized carbons (Fsp3) is 0.273. The summed E-state index contributed by atoms with van der Waals surface area (Å²) >= 11 is 0. The van der Waals surface area contributed by atoms with Crippen molar-refractivity contribution in [3.63, 3.8) is 0 Å². The fourth-order valence-corrected chi connectivity index (χ4v) is 11.4. The Morgan fingerprint density at radius 3 is 1.44 bits per heavy atom. The molecule has 4 aromatic rings. The van der Waals surface area contributed by atoms with Crippen molar-refractivity contribution in [1.29, 1.82) is 0 Å². The van der Waals surface area contributed by atoms with Gasteiger partial charge in [-0.15, -0.1) is 0 Å². The van der Waals surface area contributed by atoms with E-state index in [2.05, 4.69) is 39.3 Å². The molecule has 4 aromatic carbocycles. The first-order valence-electron chi connectivity index (χ1n) is 14.2. The lowest BCUT2D eigenvalue weighted by Crippen LogP contribution is -2.29. The largest absolute Gasteiger partial charge is 0.544 e. The number of anilines is 1. The summed E-state index contributed by atoms with van der Waals surface area (Å²) in [6.45, 7) is 14.6. The van der Waals surface area contributed by atoms with E-state index < -0.39 is 37.1 Å². The molecule has 0 fully saturated rings. The van der Waals surface area contributed by atoms with Crippen LogP contribution >= 0.6 is 10.3 Å². The third-order valence-electron chi connectivity index (χ3n) is 6.31. The van der Waals surface area contributed by atoms with Crippen LogP contribution in [0.15, 0.2) is 117 Å². The molecule has 6 nitrogen and oxygen atoms in total. The Labute approximate surface area is 261 Å². The van der Waals surface area contributed by atoms with Crippen LogP contribution in [-0.2, 0) is 13.7 Å². The zero-order valence-corrected chi connectivity index (χ0v) is 30.2. The van der Waals surface area contributed by atoms with Gasteiger partial charge in [-0.1, -0.05) is 29.8 Å². The summed E-state index contributed by atoms with van der Waals surface area (Å²) in [5, 5.41) is 0. The SMILES string of the molecule is Cc1ccc(S(=O)(=O)OS(c2ccc(N(C)C)cc2)(c2cccc(O[Si](C)(C)C)c2)c2cccc(O[Si](C)(C)C)c2)cc1. The molecule has 0 aliphatic carbocycles. The first-order valence-corrected chi connectivity index (χ1v) is 24.0. The quantitative estimate of drug-likeness (QED) is 0.151. The van der Waals surface area contributed by atoms with Crippen LogP contribution in [0, 0.1) is 6.92 Å². The van der Waals surface area contributed by atoms with Gasteiger partial charge in [0, 0.05) is 34.5 Å². The highest BCUT2D eigenvalue weighted by Gasteiger charge is 2.39. The Morgan fingerprint density at radius 2 is 1.02 bits per heavy atom. The van der Waals surface area contributed by atoms with Crippen LogP contribution in [0.3, 0.4) is 0 Å².